The molecule has 1 aromatic heterocycles. The van der Waals surface area contributed by atoms with Crippen molar-refractivity contribution in [2.75, 3.05) is 5.32 Å². The normalized spacial score (nSPS) is 12.3. The molecule has 0 bridgehead atoms. The summed E-state index contributed by atoms with van der Waals surface area (Å²) in [5, 5.41) is 12.4. The second kappa shape index (κ2) is 7.83. The quantitative estimate of drug-likeness (QED) is 0.779. The lowest BCUT2D eigenvalue weighted by Crippen LogP contribution is -2.51. The first-order valence-corrected chi connectivity index (χ1v) is 8.19. The molecule has 0 aliphatic rings. The van der Waals surface area contributed by atoms with Gasteiger partial charge in [-0.25, -0.2) is 4.79 Å². The van der Waals surface area contributed by atoms with E-state index in [1.54, 1.807) is 23.9 Å². The van der Waals surface area contributed by atoms with Crippen LogP contribution in [0.1, 0.15) is 33.3 Å². The van der Waals surface area contributed by atoms with Crippen molar-refractivity contribution in [2.45, 2.75) is 45.8 Å². The lowest BCUT2D eigenvalue weighted by molar-refractivity contribution is -0.123. The molecule has 7 nitrogen and oxygen atoms in total. The molecule has 0 aliphatic carbocycles. The van der Waals surface area contributed by atoms with Crippen LogP contribution in [0.25, 0.3) is 0 Å². The Kier molecular flexibility index (Phi) is 5.80. The minimum Gasteiger partial charge on any atom is -0.350 e. The highest BCUT2D eigenvalue weighted by Crippen LogP contribution is 2.11. The van der Waals surface area contributed by atoms with E-state index in [1.807, 2.05) is 51.2 Å². The molecule has 1 atom stereocenters. The predicted octanol–water partition coefficient (Wildman–Crippen LogP) is 2.36. The lowest BCUT2D eigenvalue weighted by atomic mass is 10.1. The molecule has 0 spiro atoms. The van der Waals surface area contributed by atoms with Gasteiger partial charge in [0.05, 0.1) is 6.54 Å². The molecule has 0 saturated carbocycles. The summed E-state index contributed by atoms with van der Waals surface area (Å²) in [6, 6.07) is 8.31. The third-order valence-electron chi connectivity index (χ3n) is 3.33. The van der Waals surface area contributed by atoms with Crippen molar-refractivity contribution in [3.63, 3.8) is 0 Å². The van der Waals surface area contributed by atoms with Crippen molar-refractivity contribution in [3.8, 4) is 0 Å². The number of anilines is 1. The Bertz CT molecular complexity index is 719. The van der Waals surface area contributed by atoms with Crippen LogP contribution < -0.4 is 16.0 Å². The highest BCUT2D eigenvalue weighted by molar-refractivity contribution is 5.93. The number of amides is 3. The van der Waals surface area contributed by atoms with Crippen LogP contribution in [0.4, 0.5) is 10.5 Å². The van der Waals surface area contributed by atoms with E-state index >= 15 is 0 Å². The van der Waals surface area contributed by atoms with Crippen molar-refractivity contribution in [3.05, 3.63) is 48.3 Å². The largest absolute Gasteiger partial charge is 0.350 e. The van der Waals surface area contributed by atoms with E-state index in [-0.39, 0.29) is 11.4 Å². The molecular weight excluding hydrogens is 318 g/mol. The maximum Gasteiger partial charge on any atom is 0.319 e. The molecule has 0 aliphatic heterocycles. The minimum atomic E-state index is -0.633. The fraction of sp³-hybridized carbons (Fsp3) is 0.389. The van der Waals surface area contributed by atoms with Crippen LogP contribution in [-0.2, 0) is 11.3 Å². The van der Waals surface area contributed by atoms with Crippen LogP contribution >= 0.6 is 0 Å². The first-order chi connectivity index (χ1) is 11.7. The number of hydrogen-bond acceptors (Lipinski definition) is 3. The van der Waals surface area contributed by atoms with Crippen LogP contribution in [0.3, 0.4) is 0 Å². The topological polar surface area (TPSA) is 88.1 Å². The van der Waals surface area contributed by atoms with Crippen LogP contribution in [0.5, 0.6) is 0 Å². The van der Waals surface area contributed by atoms with Gasteiger partial charge in [0.1, 0.15) is 6.04 Å². The third-order valence-corrected chi connectivity index (χ3v) is 3.33. The number of hydrogen-bond donors (Lipinski definition) is 3. The number of nitrogens with one attached hydrogen (secondary N) is 3. The molecule has 0 fully saturated rings. The van der Waals surface area contributed by atoms with E-state index in [0.29, 0.717) is 12.2 Å². The zero-order valence-corrected chi connectivity index (χ0v) is 15.0. The number of aromatic nitrogens is 2. The van der Waals surface area contributed by atoms with Gasteiger partial charge in [-0.1, -0.05) is 12.1 Å². The summed E-state index contributed by atoms with van der Waals surface area (Å²) < 4.78 is 1.80. The zero-order chi connectivity index (χ0) is 18.4. The van der Waals surface area contributed by atoms with E-state index < -0.39 is 12.1 Å². The predicted molar refractivity (Wildman–Crippen MR) is 97.3 cm³/mol. The second-order valence-corrected chi connectivity index (χ2v) is 6.96. The SMILES string of the molecule is CC(NC(=O)Nc1cccc(Cn2cccn2)c1)C(=O)NC(C)(C)C. The number of carbonyl (C=O) groups is 2. The average Bonchev–Trinajstić information content (AvgIpc) is 2.98. The highest BCUT2D eigenvalue weighted by atomic mass is 16.2. The molecular formula is C18H25N5O2. The summed E-state index contributed by atoms with van der Waals surface area (Å²) in [5.41, 5.74) is 1.33. The molecule has 2 rings (SSSR count). The Hall–Kier alpha value is -2.83. The van der Waals surface area contributed by atoms with Crippen LogP contribution in [0.15, 0.2) is 42.7 Å². The fourth-order valence-electron chi connectivity index (χ4n) is 2.24. The van der Waals surface area contributed by atoms with Gasteiger partial charge in [-0.05, 0) is 51.5 Å². The van der Waals surface area contributed by atoms with Gasteiger partial charge < -0.3 is 16.0 Å². The molecule has 7 heteroatoms. The second-order valence-electron chi connectivity index (χ2n) is 6.96. The molecule has 1 heterocycles. The Labute approximate surface area is 147 Å². The summed E-state index contributed by atoms with van der Waals surface area (Å²) in [4.78, 5) is 24.1. The summed E-state index contributed by atoms with van der Waals surface area (Å²) >= 11 is 0. The first-order valence-electron chi connectivity index (χ1n) is 8.19. The van der Waals surface area contributed by atoms with Gasteiger partial charge in [0.25, 0.3) is 0 Å². The standard InChI is InChI=1S/C18H25N5O2/c1-13(16(24)22-18(2,3)4)20-17(25)21-15-8-5-7-14(11-15)12-23-10-6-9-19-23/h5-11,13H,12H2,1-4H3,(H,22,24)(H2,20,21,25). The molecule has 0 radical (unpaired) electrons. The molecule has 3 amide bonds. The number of rotatable bonds is 5. The third kappa shape index (κ3) is 6.29. The number of urea groups is 1. The molecule has 25 heavy (non-hydrogen) atoms. The van der Waals surface area contributed by atoms with Crippen molar-refractivity contribution in [1.29, 1.82) is 0 Å². The average molecular weight is 343 g/mol. The zero-order valence-electron chi connectivity index (χ0n) is 15.0. The highest BCUT2D eigenvalue weighted by Gasteiger charge is 2.20. The smallest absolute Gasteiger partial charge is 0.319 e. The van der Waals surface area contributed by atoms with Crippen molar-refractivity contribution in [2.24, 2.45) is 0 Å². The molecule has 1 aromatic carbocycles. The monoisotopic (exact) mass is 343 g/mol. The van der Waals surface area contributed by atoms with E-state index in [0.717, 1.165) is 5.56 Å². The number of benzene rings is 1. The molecule has 2 aromatic rings. The van der Waals surface area contributed by atoms with Crippen LogP contribution in [-0.4, -0.2) is 33.3 Å². The lowest BCUT2D eigenvalue weighted by Gasteiger charge is -2.23. The first kappa shape index (κ1) is 18.5. The number of carbonyl (C=O) groups excluding carboxylic acids is 2. The summed E-state index contributed by atoms with van der Waals surface area (Å²) in [6.07, 6.45) is 3.60. The number of nitrogens with zero attached hydrogens (tertiary/aromatic N) is 2. The van der Waals surface area contributed by atoms with Crippen molar-refractivity contribution >= 4 is 17.6 Å². The molecule has 0 saturated heterocycles. The Morgan fingerprint density at radius 1 is 1.24 bits per heavy atom. The van der Waals surface area contributed by atoms with Gasteiger partial charge in [0, 0.05) is 23.6 Å². The van der Waals surface area contributed by atoms with Gasteiger partial charge in [-0.2, -0.15) is 5.10 Å². The fourth-order valence-corrected chi connectivity index (χ4v) is 2.24. The van der Waals surface area contributed by atoms with E-state index in [9.17, 15) is 9.59 Å². The Balaban J connectivity index is 1.91. The van der Waals surface area contributed by atoms with Gasteiger partial charge in [-0.15, -0.1) is 0 Å². The summed E-state index contributed by atoms with van der Waals surface area (Å²) in [6.45, 7) is 7.94. The molecule has 134 valence electrons. The summed E-state index contributed by atoms with van der Waals surface area (Å²) in [7, 11) is 0. The van der Waals surface area contributed by atoms with Crippen LogP contribution in [0, 0.1) is 0 Å². The van der Waals surface area contributed by atoms with E-state index in [1.165, 1.54) is 0 Å². The van der Waals surface area contributed by atoms with Gasteiger partial charge >= 0.3 is 6.03 Å². The molecule has 1 unspecified atom stereocenters. The van der Waals surface area contributed by atoms with Crippen LogP contribution in [0.2, 0.25) is 0 Å². The van der Waals surface area contributed by atoms with Gasteiger partial charge in [0.15, 0.2) is 0 Å². The summed E-state index contributed by atoms with van der Waals surface area (Å²) in [5.74, 6) is -0.227. The molecule has 3 N–H and O–H groups in total. The van der Waals surface area contributed by atoms with Crippen molar-refractivity contribution in [1.82, 2.24) is 20.4 Å². The van der Waals surface area contributed by atoms with Gasteiger partial charge in [0.2, 0.25) is 5.91 Å². The maximum atomic E-state index is 12.1. The minimum absolute atomic E-state index is 0.227. The van der Waals surface area contributed by atoms with E-state index in [2.05, 4.69) is 21.0 Å². The van der Waals surface area contributed by atoms with E-state index in [4.69, 9.17) is 0 Å². The maximum absolute atomic E-state index is 12.1. The Morgan fingerprint density at radius 3 is 2.64 bits per heavy atom. The van der Waals surface area contributed by atoms with Crippen molar-refractivity contribution < 1.29 is 9.59 Å². The van der Waals surface area contributed by atoms with Gasteiger partial charge in [-0.3, -0.25) is 9.48 Å². The Morgan fingerprint density at radius 2 is 2.00 bits per heavy atom.